The molecule has 6 heteroatoms. The van der Waals surface area contributed by atoms with Crippen LogP contribution in [0.15, 0.2) is 18.5 Å². The molecule has 1 fully saturated rings. The lowest BCUT2D eigenvalue weighted by atomic mass is 10.2. The lowest BCUT2D eigenvalue weighted by Gasteiger charge is -2.27. The normalized spacial score (nSPS) is 15.7. The first-order valence-electron chi connectivity index (χ1n) is 4.30. The smallest absolute Gasteiger partial charge is 0.374 e. The van der Waals surface area contributed by atoms with Crippen LogP contribution < -0.4 is 15.4 Å². The van der Waals surface area contributed by atoms with Gasteiger partial charge in [0.15, 0.2) is 0 Å². The molecule has 1 saturated heterocycles. The quantitative estimate of drug-likeness (QED) is 0.666. The number of ether oxygens (including phenoxy) is 1. The van der Waals surface area contributed by atoms with E-state index in [1.54, 1.807) is 6.07 Å². The lowest BCUT2D eigenvalue weighted by Crippen LogP contribution is -2.57. The van der Waals surface area contributed by atoms with Crippen molar-refractivity contribution >= 4 is 6.09 Å². The van der Waals surface area contributed by atoms with Crippen LogP contribution in [0, 0.1) is 0 Å². The van der Waals surface area contributed by atoms with Crippen molar-refractivity contribution in [3.63, 3.8) is 0 Å². The topological polar surface area (TPSA) is 76.1 Å². The number of carbonyl (C=O) groups excluding carboxylic acids is 1. The van der Waals surface area contributed by atoms with E-state index in [0.717, 1.165) is 13.1 Å². The summed E-state index contributed by atoms with van der Waals surface area (Å²) in [5.41, 5.74) is 0. The Kier molecular flexibility index (Phi) is 2.55. The lowest BCUT2D eigenvalue weighted by molar-refractivity contribution is 0.187. The number of nitrogens with zero attached hydrogens (tertiary/aromatic N) is 2. The second kappa shape index (κ2) is 4.01. The van der Waals surface area contributed by atoms with Crippen molar-refractivity contribution in [1.29, 1.82) is 0 Å². The summed E-state index contributed by atoms with van der Waals surface area (Å²) in [5, 5.41) is 5.69. The zero-order valence-corrected chi connectivity index (χ0v) is 7.43. The zero-order valence-electron chi connectivity index (χ0n) is 7.43. The zero-order chi connectivity index (χ0) is 9.80. The molecule has 2 heterocycles. The highest BCUT2D eigenvalue weighted by Gasteiger charge is 2.19. The summed E-state index contributed by atoms with van der Waals surface area (Å²) >= 11 is 0. The minimum atomic E-state index is -0.511. The van der Waals surface area contributed by atoms with Crippen LogP contribution in [0.5, 0.6) is 6.01 Å². The molecular weight excluding hydrogens is 184 g/mol. The van der Waals surface area contributed by atoms with Gasteiger partial charge in [0, 0.05) is 25.5 Å². The molecule has 74 valence electrons. The van der Waals surface area contributed by atoms with Gasteiger partial charge in [-0.2, -0.15) is 0 Å². The van der Waals surface area contributed by atoms with Crippen LogP contribution in [0.3, 0.4) is 0 Å². The van der Waals surface area contributed by atoms with Crippen LogP contribution in [0.25, 0.3) is 0 Å². The number of hydrogen-bond acceptors (Lipinski definition) is 5. The summed E-state index contributed by atoms with van der Waals surface area (Å²) < 4.78 is 4.82. The Bertz CT molecular complexity index is 312. The van der Waals surface area contributed by atoms with E-state index < -0.39 is 6.09 Å². The molecule has 0 aliphatic carbocycles. The summed E-state index contributed by atoms with van der Waals surface area (Å²) in [5.74, 6) is 0. The Labute approximate surface area is 80.7 Å². The van der Waals surface area contributed by atoms with Gasteiger partial charge in [0.1, 0.15) is 0 Å². The van der Waals surface area contributed by atoms with E-state index in [-0.39, 0.29) is 12.1 Å². The molecule has 1 aromatic heterocycles. The third-order valence-electron chi connectivity index (χ3n) is 1.83. The molecule has 1 aliphatic rings. The van der Waals surface area contributed by atoms with E-state index in [1.807, 2.05) is 0 Å². The van der Waals surface area contributed by atoms with Crippen molar-refractivity contribution in [2.24, 2.45) is 0 Å². The molecule has 0 bridgehead atoms. The third-order valence-corrected chi connectivity index (χ3v) is 1.83. The van der Waals surface area contributed by atoms with Gasteiger partial charge in [0.2, 0.25) is 0 Å². The van der Waals surface area contributed by atoms with Crippen LogP contribution in [0.4, 0.5) is 4.79 Å². The Balaban J connectivity index is 1.82. The SMILES string of the molecule is O=C(NC1CNC1)Oc1ncccn1. The van der Waals surface area contributed by atoms with Crippen LogP contribution in [-0.2, 0) is 0 Å². The highest BCUT2D eigenvalue weighted by Crippen LogP contribution is 1.98. The molecule has 0 aromatic carbocycles. The van der Waals surface area contributed by atoms with Gasteiger partial charge in [0.25, 0.3) is 0 Å². The maximum atomic E-state index is 11.2. The first-order valence-corrected chi connectivity index (χ1v) is 4.30. The fourth-order valence-corrected chi connectivity index (χ4v) is 1.01. The van der Waals surface area contributed by atoms with Gasteiger partial charge >= 0.3 is 12.1 Å². The van der Waals surface area contributed by atoms with Crippen LogP contribution >= 0.6 is 0 Å². The van der Waals surface area contributed by atoms with Crippen LogP contribution in [-0.4, -0.2) is 35.2 Å². The molecule has 0 saturated carbocycles. The maximum absolute atomic E-state index is 11.2. The van der Waals surface area contributed by atoms with Crippen molar-refractivity contribution in [2.75, 3.05) is 13.1 Å². The molecule has 0 unspecified atom stereocenters. The van der Waals surface area contributed by atoms with Crippen molar-refractivity contribution in [1.82, 2.24) is 20.6 Å². The molecule has 1 aromatic rings. The predicted molar refractivity (Wildman–Crippen MR) is 47.8 cm³/mol. The summed E-state index contributed by atoms with van der Waals surface area (Å²) in [6.07, 6.45) is 2.52. The standard InChI is InChI=1S/C8H10N4O2/c13-8(12-6-4-9-5-6)14-7-10-2-1-3-11-7/h1-3,6,9H,4-5H2,(H,12,13). The maximum Gasteiger partial charge on any atom is 0.415 e. The minimum absolute atomic E-state index is 0.0669. The molecule has 14 heavy (non-hydrogen) atoms. The number of aromatic nitrogens is 2. The van der Waals surface area contributed by atoms with Gasteiger partial charge in [0.05, 0.1) is 6.04 Å². The van der Waals surface area contributed by atoms with E-state index in [2.05, 4.69) is 20.6 Å². The number of carbonyl (C=O) groups is 1. The van der Waals surface area contributed by atoms with Gasteiger partial charge in [-0.15, -0.1) is 0 Å². The van der Waals surface area contributed by atoms with Gasteiger partial charge < -0.3 is 15.4 Å². The molecule has 0 spiro atoms. The van der Waals surface area contributed by atoms with Crippen LogP contribution in [0.2, 0.25) is 0 Å². The third kappa shape index (κ3) is 2.17. The van der Waals surface area contributed by atoms with E-state index >= 15 is 0 Å². The monoisotopic (exact) mass is 194 g/mol. The van der Waals surface area contributed by atoms with Gasteiger partial charge in [-0.05, 0) is 6.07 Å². The van der Waals surface area contributed by atoms with Crippen molar-refractivity contribution in [3.05, 3.63) is 18.5 Å². The Morgan fingerprint density at radius 2 is 2.21 bits per heavy atom. The molecule has 2 rings (SSSR count). The van der Waals surface area contributed by atoms with Gasteiger partial charge in [-0.1, -0.05) is 0 Å². The fraction of sp³-hybridized carbons (Fsp3) is 0.375. The van der Waals surface area contributed by atoms with Crippen molar-refractivity contribution in [2.45, 2.75) is 6.04 Å². The summed E-state index contributed by atoms with van der Waals surface area (Å²) in [6.45, 7) is 1.56. The summed E-state index contributed by atoms with van der Waals surface area (Å²) in [7, 11) is 0. The fourth-order valence-electron chi connectivity index (χ4n) is 1.01. The van der Waals surface area contributed by atoms with E-state index in [1.165, 1.54) is 12.4 Å². The Morgan fingerprint density at radius 1 is 1.50 bits per heavy atom. The van der Waals surface area contributed by atoms with Crippen LogP contribution in [0.1, 0.15) is 0 Å². The molecule has 2 N–H and O–H groups in total. The number of hydrogen-bond donors (Lipinski definition) is 2. The Hall–Kier alpha value is -1.69. The summed E-state index contributed by atoms with van der Waals surface area (Å²) in [4.78, 5) is 18.7. The molecule has 6 nitrogen and oxygen atoms in total. The number of nitrogens with one attached hydrogen (secondary N) is 2. The number of amides is 1. The van der Waals surface area contributed by atoms with E-state index in [4.69, 9.17) is 4.74 Å². The number of rotatable bonds is 2. The molecule has 1 amide bonds. The molecule has 0 radical (unpaired) electrons. The average molecular weight is 194 g/mol. The second-order valence-corrected chi connectivity index (χ2v) is 2.92. The average Bonchev–Trinajstić information content (AvgIpc) is 2.13. The summed E-state index contributed by atoms with van der Waals surface area (Å²) in [6, 6.07) is 1.88. The highest BCUT2D eigenvalue weighted by molar-refractivity contribution is 5.69. The molecular formula is C8H10N4O2. The minimum Gasteiger partial charge on any atom is -0.374 e. The van der Waals surface area contributed by atoms with Gasteiger partial charge in [-0.25, -0.2) is 14.8 Å². The first-order chi connectivity index (χ1) is 6.84. The van der Waals surface area contributed by atoms with E-state index in [0.29, 0.717) is 0 Å². The Morgan fingerprint density at radius 3 is 2.79 bits per heavy atom. The predicted octanol–water partition coefficient (Wildman–Crippen LogP) is -0.463. The van der Waals surface area contributed by atoms with E-state index in [9.17, 15) is 4.79 Å². The highest BCUT2D eigenvalue weighted by atomic mass is 16.6. The van der Waals surface area contributed by atoms with Crippen molar-refractivity contribution in [3.8, 4) is 6.01 Å². The van der Waals surface area contributed by atoms with Gasteiger partial charge in [-0.3, -0.25) is 0 Å². The van der Waals surface area contributed by atoms with Crippen molar-refractivity contribution < 1.29 is 9.53 Å². The largest absolute Gasteiger partial charge is 0.415 e. The molecule has 1 aliphatic heterocycles. The molecule has 0 atom stereocenters. The first kappa shape index (κ1) is 8.89. The second-order valence-electron chi connectivity index (χ2n) is 2.92.